The Labute approximate surface area is 61.9 Å². The van der Waals surface area contributed by atoms with E-state index in [9.17, 15) is 0 Å². The van der Waals surface area contributed by atoms with Gasteiger partial charge in [-0.05, 0) is 25.3 Å². The highest BCUT2D eigenvalue weighted by Crippen LogP contribution is 2.16. The molecule has 0 saturated carbocycles. The van der Waals surface area contributed by atoms with Crippen LogP contribution in [0.15, 0.2) is 0 Å². The average Bonchev–Trinajstić information content (AvgIpc) is 1.90. The molecule has 1 aliphatic heterocycles. The van der Waals surface area contributed by atoms with Crippen LogP contribution in [-0.4, -0.2) is 23.9 Å². The van der Waals surface area contributed by atoms with Crippen LogP contribution in [0.4, 0.5) is 0 Å². The van der Waals surface area contributed by atoms with Crippen molar-refractivity contribution in [1.29, 1.82) is 0 Å². The lowest BCUT2D eigenvalue weighted by Gasteiger charge is -2.26. The summed E-state index contributed by atoms with van der Waals surface area (Å²) in [6.45, 7) is 3.05. The molecular formula is C6H14N2S. The molecule has 0 aliphatic carbocycles. The summed E-state index contributed by atoms with van der Waals surface area (Å²) in [7, 11) is 0. The summed E-state index contributed by atoms with van der Waals surface area (Å²) in [5, 5.41) is 0. The van der Waals surface area contributed by atoms with E-state index in [0.717, 1.165) is 25.6 Å². The van der Waals surface area contributed by atoms with Gasteiger partial charge in [0.1, 0.15) is 0 Å². The van der Waals surface area contributed by atoms with Crippen molar-refractivity contribution in [2.45, 2.75) is 12.8 Å². The zero-order chi connectivity index (χ0) is 6.69. The Hall–Kier alpha value is 0.270. The van der Waals surface area contributed by atoms with Gasteiger partial charge in [0.25, 0.3) is 0 Å². The molecule has 1 saturated heterocycles. The Morgan fingerprint density at radius 3 is 2.44 bits per heavy atom. The summed E-state index contributed by atoms with van der Waals surface area (Å²) in [5.74, 6) is 0.758. The highest BCUT2D eigenvalue weighted by Gasteiger charge is 2.14. The van der Waals surface area contributed by atoms with Crippen LogP contribution < -0.4 is 5.73 Å². The third-order valence-electron chi connectivity index (χ3n) is 1.92. The molecule has 0 spiro atoms. The zero-order valence-corrected chi connectivity index (χ0v) is 6.48. The van der Waals surface area contributed by atoms with Crippen LogP contribution in [0.3, 0.4) is 0 Å². The van der Waals surface area contributed by atoms with Gasteiger partial charge < -0.3 is 5.73 Å². The minimum atomic E-state index is 0.758. The van der Waals surface area contributed by atoms with Gasteiger partial charge in [0.2, 0.25) is 0 Å². The Kier molecular flexibility index (Phi) is 2.82. The van der Waals surface area contributed by atoms with Gasteiger partial charge in [-0.1, -0.05) is 12.8 Å². The molecule has 0 atom stereocenters. The van der Waals surface area contributed by atoms with E-state index in [1.807, 2.05) is 0 Å². The molecule has 2 N–H and O–H groups in total. The van der Waals surface area contributed by atoms with Crippen LogP contribution in [0, 0.1) is 5.92 Å². The molecule has 0 unspecified atom stereocenters. The number of thiol groups is 1. The van der Waals surface area contributed by atoms with Gasteiger partial charge in [-0.15, -0.1) is 0 Å². The second-order valence-corrected chi connectivity index (χ2v) is 3.20. The van der Waals surface area contributed by atoms with Gasteiger partial charge in [-0.2, -0.15) is 0 Å². The molecule has 3 heteroatoms. The van der Waals surface area contributed by atoms with Crippen molar-refractivity contribution in [1.82, 2.24) is 4.31 Å². The first-order valence-corrected chi connectivity index (χ1v) is 3.87. The van der Waals surface area contributed by atoms with Gasteiger partial charge in [0, 0.05) is 13.1 Å². The van der Waals surface area contributed by atoms with E-state index >= 15 is 0 Å². The number of hydrogen-bond acceptors (Lipinski definition) is 3. The summed E-state index contributed by atoms with van der Waals surface area (Å²) in [4.78, 5) is 0. The van der Waals surface area contributed by atoms with Crippen LogP contribution in [0.2, 0.25) is 0 Å². The van der Waals surface area contributed by atoms with Crippen molar-refractivity contribution in [3.05, 3.63) is 0 Å². The first kappa shape index (κ1) is 7.38. The highest BCUT2D eigenvalue weighted by molar-refractivity contribution is 7.77. The fourth-order valence-electron chi connectivity index (χ4n) is 1.16. The molecule has 1 heterocycles. The predicted molar refractivity (Wildman–Crippen MR) is 42.3 cm³/mol. The van der Waals surface area contributed by atoms with Gasteiger partial charge in [-0.25, -0.2) is 0 Å². The minimum absolute atomic E-state index is 0.758. The number of rotatable bonds is 1. The lowest BCUT2D eigenvalue weighted by Crippen LogP contribution is -2.30. The molecule has 1 rings (SSSR count). The summed E-state index contributed by atoms with van der Waals surface area (Å²) < 4.78 is 2.06. The summed E-state index contributed by atoms with van der Waals surface area (Å²) in [5.41, 5.74) is 5.51. The monoisotopic (exact) mass is 146 g/mol. The number of nitrogens with zero attached hydrogens (tertiary/aromatic N) is 1. The Bertz CT molecular complexity index is 79.1. The Morgan fingerprint density at radius 1 is 1.44 bits per heavy atom. The standard InChI is InChI=1S/C6H14N2S/c7-5-6-1-3-8(9)4-2-6/h6,9H,1-5,7H2. The van der Waals surface area contributed by atoms with Gasteiger partial charge in [0.05, 0.1) is 0 Å². The molecule has 1 aliphatic rings. The van der Waals surface area contributed by atoms with E-state index < -0.39 is 0 Å². The lowest BCUT2D eigenvalue weighted by atomic mass is 9.99. The summed E-state index contributed by atoms with van der Waals surface area (Å²) >= 11 is 4.23. The van der Waals surface area contributed by atoms with Crippen molar-refractivity contribution >= 4 is 12.8 Å². The molecule has 0 bridgehead atoms. The largest absolute Gasteiger partial charge is 0.330 e. The molecule has 1 fully saturated rings. The Balaban J connectivity index is 2.18. The highest BCUT2D eigenvalue weighted by atomic mass is 32.1. The topological polar surface area (TPSA) is 29.3 Å². The lowest BCUT2D eigenvalue weighted by molar-refractivity contribution is 0.299. The van der Waals surface area contributed by atoms with Crippen molar-refractivity contribution in [3.63, 3.8) is 0 Å². The molecule has 0 radical (unpaired) electrons. The van der Waals surface area contributed by atoms with Crippen molar-refractivity contribution in [2.75, 3.05) is 19.6 Å². The third kappa shape index (κ3) is 2.16. The van der Waals surface area contributed by atoms with Gasteiger partial charge >= 0.3 is 0 Å². The van der Waals surface area contributed by atoms with Gasteiger partial charge in [0.15, 0.2) is 0 Å². The van der Waals surface area contributed by atoms with Crippen LogP contribution in [0.5, 0.6) is 0 Å². The smallest absolute Gasteiger partial charge is 0.00901 e. The zero-order valence-electron chi connectivity index (χ0n) is 5.58. The maximum atomic E-state index is 5.51. The molecule has 2 nitrogen and oxygen atoms in total. The summed E-state index contributed by atoms with van der Waals surface area (Å²) in [6.07, 6.45) is 2.44. The second-order valence-electron chi connectivity index (χ2n) is 2.63. The van der Waals surface area contributed by atoms with Crippen molar-refractivity contribution in [2.24, 2.45) is 11.7 Å². The van der Waals surface area contributed by atoms with Crippen LogP contribution in [0.25, 0.3) is 0 Å². The average molecular weight is 146 g/mol. The van der Waals surface area contributed by atoms with Crippen LogP contribution in [-0.2, 0) is 0 Å². The quantitative estimate of drug-likeness (QED) is 0.528. The van der Waals surface area contributed by atoms with Crippen molar-refractivity contribution in [3.8, 4) is 0 Å². The van der Waals surface area contributed by atoms with E-state index in [1.165, 1.54) is 12.8 Å². The van der Waals surface area contributed by atoms with Crippen LogP contribution >= 0.6 is 12.8 Å². The van der Waals surface area contributed by atoms with E-state index in [2.05, 4.69) is 17.1 Å². The number of piperidine rings is 1. The molecule has 0 aromatic rings. The molecular weight excluding hydrogens is 132 g/mol. The van der Waals surface area contributed by atoms with E-state index in [-0.39, 0.29) is 0 Å². The van der Waals surface area contributed by atoms with E-state index in [4.69, 9.17) is 5.73 Å². The predicted octanol–water partition coefficient (Wildman–Crippen LogP) is 0.502. The van der Waals surface area contributed by atoms with E-state index in [0.29, 0.717) is 0 Å². The normalized spacial score (nSPS) is 24.7. The summed E-state index contributed by atoms with van der Waals surface area (Å²) in [6, 6.07) is 0. The number of hydrogen-bond donors (Lipinski definition) is 2. The third-order valence-corrected chi connectivity index (χ3v) is 2.32. The first-order valence-electron chi connectivity index (χ1n) is 3.47. The molecule has 9 heavy (non-hydrogen) atoms. The maximum absolute atomic E-state index is 5.51. The number of nitrogens with two attached hydrogens (primary N) is 1. The second kappa shape index (κ2) is 3.44. The van der Waals surface area contributed by atoms with Crippen LogP contribution in [0.1, 0.15) is 12.8 Å². The maximum Gasteiger partial charge on any atom is 0.00901 e. The Morgan fingerprint density at radius 2 is 2.00 bits per heavy atom. The molecule has 54 valence electrons. The fourth-order valence-corrected chi connectivity index (χ4v) is 1.39. The van der Waals surface area contributed by atoms with Crippen molar-refractivity contribution < 1.29 is 0 Å². The molecule has 0 aromatic heterocycles. The minimum Gasteiger partial charge on any atom is -0.330 e. The van der Waals surface area contributed by atoms with Gasteiger partial charge in [-0.3, -0.25) is 4.31 Å². The fraction of sp³-hybridized carbons (Fsp3) is 1.00. The molecule has 0 aromatic carbocycles. The molecule has 0 amide bonds. The SMILES string of the molecule is NCC1CCN(S)CC1. The van der Waals surface area contributed by atoms with E-state index in [1.54, 1.807) is 0 Å². The first-order chi connectivity index (χ1) is 4.33.